The van der Waals surface area contributed by atoms with Crippen LogP contribution in [-0.4, -0.2) is 4.57 Å². The molecule has 8 aromatic carbocycles. The predicted molar refractivity (Wildman–Crippen MR) is 454 cm³/mol. The first-order valence-corrected chi connectivity index (χ1v) is 38.9. The number of rotatable bonds is 11. The summed E-state index contributed by atoms with van der Waals surface area (Å²) >= 11 is 0. The molecule has 18 aromatic rings. The largest absolute Gasteiger partial charge is 0.455 e. The molecule has 0 N–H and O–H groups in total. The summed E-state index contributed by atoms with van der Waals surface area (Å²) in [4.78, 5) is 0. The molecule has 10 nitrogen and oxygen atoms in total. The van der Waals surface area contributed by atoms with Crippen molar-refractivity contribution >= 4 is 65.3 Å². The van der Waals surface area contributed by atoms with E-state index in [2.05, 4.69) is 463 Å². The van der Waals surface area contributed by atoms with Crippen LogP contribution in [-0.2, 0) is 67.2 Å². The summed E-state index contributed by atoms with van der Waals surface area (Å²) in [5.41, 5.74) is 29.9. The van der Waals surface area contributed by atoms with Crippen molar-refractivity contribution in [3.8, 4) is 73.5 Å². The van der Waals surface area contributed by atoms with E-state index in [1.807, 2.05) is 0 Å². The lowest BCUT2D eigenvalue weighted by molar-refractivity contribution is -0.695. The zero-order valence-electron chi connectivity index (χ0n) is 67.4. The molecule has 112 heavy (non-hydrogen) atoms. The Morgan fingerprint density at radius 1 is 0.312 bits per heavy atom. The van der Waals surface area contributed by atoms with Gasteiger partial charge in [0.15, 0.2) is 48.6 Å². The molecule has 0 amide bonds. The van der Waals surface area contributed by atoms with Gasteiger partial charge in [-0.3, -0.25) is 0 Å². The normalized spacial score (nSPS) is 11.8. The van der Waals surface area contributed by atoms with E-state index in [4.69, 9.17) is 4.42 Å². The van der Waals surface area contributed by atoms with E-state index >= 15 is 0 Å². The Hall–Kier alpha value is -12.9. The van der Waals surface area contributed by atoms with Gasteiger partial charge in [-0.15, -0.1) is 0 Å². The molecule has 0 aliphatic rings. The Balaban J connectivity index is 0.000000128. The summed E-state index contributed by atoms with van der Waals surface area (Å²) in [5.74, 6) is 0. The number of aryl methyl sites for hydroxylation is 7. The van der Waals surface area contributed by atoms with Crippen LogP contribution in [0, 0.1) is 27.7 Å². The Labute approximate surface area is 657 Å². The fraction of sp³-hybridized carbons (Fsp3) is 0.176. The second-order valence-electron chi connectivity index (χ2n) is 31.3. The van der Waals surface area contributed by atoms with Gasteiger partial charge in [0, 0.05) is 123 Å². The van der Waals surface area contributed by atoms with E-state index in [0.29, 0.717) is 0 Å². The van der Waals surface area contributed by atoms with E-state index in [9.17, 15) is 0 Å². The third kappa shape index (κ3) is 12.7. The maximum Gasteiger partial charge on any atom is 0.277 e. The molecule has 550 valence electrons. The predicted octanol–water partition coefficient (Wildman–Crippen LogP) is 18.8. The van der Waals surface area contributed by atoms with Crippen molar-refractivity contribution in [3.05, 3.63) is 355 Å². The average Bonchev–Trinajstić information content (AvgIpc) is 1.53. The highest BCUT2D eigenvalue weighted by Crippen LogP contribution is 2.48. The van der Waals surface area contributed by atoms with Gasteiger partial charge in [-0.05, 0) is 184 Å². The van der Waals surface area contributed by atoms with E-state index < -0.39 is 0 Å². The van der Waals surface area contributed by atoms with Gasteiger partial charge in [0.2, 0.25) is 22.8 Å². The zero-order valence-corrected chi connectivity index (χ0v) is 67.4. The lowest BCUT2D eigenvalue weighted by Gasteiger charge is -2.26. The van der Waals surface area contributed by atoms with Gasteiger partial charge in [-0.2, -0.15) is 18.3 Å². The van der Waals surface area contributed by atoms with E-state index in [1.54, 1.807) is 0 Å². The third-order valence-electron chi connectivity index (χ3n) is 23.8. The van der Waals surface area contributed by atoms with Crippen LogP contribution >= 0.6 is 0 Å². The third-order valence-corrected chi connectivity index (χ3v) is 23.8. The smallest absolute Gasteiger partial charge is 0.277 e. The molecule has 0 saturated carbocycles. The highest BCUT2D eigenvalue weighted by Gasteiger charge is 2.39. The Bertz CT molecular complexity index is 6750. The molecule has 0 bridgehead atoms. The molecule has 18 rings (SSSR count). The first-order chi connectivity index (χ1) is 54.1. The lowest BCUT2D eigenvalue weighted by Crippen LogP contribution is -2.45. The highest BCUT2D eigenvalue weighted by molar-refractivity contribution is 6.30. The fourth-order valence-corrected chi connectivity index (χ4v) is 18.1. The molecule has 0 saturated heterocycles. The van der Waals surface area contributed by atoms with Gasteiger partial charge >= 0.3 is 0 Å². The molecule has 0 aliphatic heterocycles. The minimum atomic E-state index is -0.193. The number of furan rings is 1. The van der Waals surface area contributed by atoms with Crippen LogP contribution in [0.25, 0.3) is 139 Å². The van der Waals surface area contributed by atoms with Crippen LogP contribution < -0.4 is 36.5 Å². The SMILES string of the molecule is Cc1c(-c2c3ccccc3cc[n+]2C)cccc1C(C)(C)c1cccc(-c2cccc[n+]2C)[n+]1C.Cc1c(-c2cc3ccccc3c[n+]2C)cccc1C(C)(C)c1cccc(-c2cccc[n+]2C)[n+]1C.Cc1c(-c2cccc[n+]2C)cccc1-n1c2ccccc2c2c3c(oc4ccccc43)c(-c3cccc[n+]3C)c(C)c21. The maximum absolute atomic E-state index is 6.73. The van der Waals surface area contributed by atoms with Gasteiger partial charge in [0.25, 0.3) is 22.8 Å². The standard InChI is InChI=1S/C38H31N3O.2C32H34N3/c1-24-26(30-17-9-11-22-39(30)3)16-13-20-29(24)41-31-18-7-5-14-27(31)35-36-28-15-6-8-21-33(28)42-38(36)34(25(2)37(35)41)32-19-10-12-23-40(32)4;1-23-25(31-26-14-8-7-13-24(26)20-22-34(31)5)15-11-16-27(23)32(2,3)30-19-12-18-29(35(30)6)28-17-9-10-21-33(28)4;1-23-26(30-21-24-13-7-8-14-25(24)22-34(30)5)15-11-16-27(23)32(2,3)31-19-12-18-29(35(31)6)28-17-9-10-20-33(28)4/h5-23H,1-4H3;2*7-22H,1-6H3/q+2;2*+3. The molecule has 10 heteroatoms. The Morgan fingerprint density at radius 3 is 1.36 bits per heavy atom. The van der Waals surface area contributed by atoms with E-state index in [1.165, 1.54) is 156 Å². The lowest BCUT2D eigenvalue weighted by atomic mass is 9.77. The van der Waals surface area contributed by atoms with Gasteiger partial charge in [-0.25, -0.2) is 18.3 Å². The average molecular weight is 1470 g/mol. The van der Waals surface area contributed by atoms with Gasteiger partial charge in [0.05, 0.1) is 43.9 Å². The molecular formula is C102H99N9O+8. The topological polar surface area (TPSA) is 49.1 Å². The summed E-state index contributed by atoms with van der Waals surface area (Å²) < 4.78 is 27.1. The number of pyridine rings is 8. The summed E-state index contributed by atoms with van der Waals surface area (Å²) in [6.07, 6.45) is 12.8. The van der Waals surface area contributed by atoms with Crippen molar-refractivity contribution in [3.63, 3.8) is 0 Å². The second kappa shape index (κ2) is 29.5. The molecule has 10 aromatic heterocycles. The van der Waals surface area contributed by atoms with Crippen LogP contribution in [0.3, 0.4) is 0 Å². The van der Waals surface area contributed by atoms with Crippen LogP contribution in [0.4, 0.5) is 0 Å². The van der Waals surface area contributed by atoms with Crippen molar-refractivity contribution in [2.24, 2.45) is 56.4 Å². The van der Waals surface area contributed by atoms with Crippen molar-refractivity contribution in [1.82, 2.24) is 4.57 Å². The zero-order chi connectivity index (χ0) is 78.0. The molecular weight excluding hydrogens is 1370 g/mol. The van der Waals surface area contributed by atoms with Crippen molar-refractivity contribution < 1.29 is 41.0 Å². The minimum Gasteiger partial charge on any atom is -0.455 e. The highest BCUT2D eigenvalue weighted by atomic mass is 16.3. The molecule has 0 fully saturated rings. The molecule has 0 spiro atoms. The van der Waals surface area contributed by atoms with Gasteiger partial charge < -0.3 is 8.98 Å². The summed E-state index contributed by atoms with van der Waals surface area (Å²) in [6, 6.07) is 97.9. The number of aromatic nitrogens is 9. The van der Waals surface area contributed by atoms with E-state index in [0.717, 1.165) is 27.8 Å². The second-order valence-corrected chi connectivity index (χ2v) is 31.3. The van der Waals surface area contributed by atoms with Crippen LogP contribution in [0.5, 0.6) is 0 Å². The number of nitrogens with zero attached hydrogens (tertiary/aromatic N) is 9. The molecule has 0 unspecified atom stereocenters. The summed E-state index contributed by atoms with van der Waals surface area (Å²) in [6.45, 7) is 18.4. The van der Waals surface area contributed by atoms with Crippen LogP contribution in [0.15, 0.2) is 315 Å². The summed E-state index contributed by atoms with van der Waals surface area (Å²) in [5, 5.41) is 9.83. The number of para-hydroxylation sites is 2. The number of hydrogen-bond donors (Lipinski definition) is 0. The molecule has 0 atom stereocenters. The fourth-order valence-electron chi connectivity index (χ4n) is 18.1. The number of fused-ring (bicyclic) bond motifs is 9. The Kier molecular flexibility index (Phi) is 19.3. The quantitative estimate of drug-likeness (QED) is 0.119. The molecule has 0 radical (unpaired) electrons. The summed E-state index contributed by atoms with van der Waals surface area (Å²) in [7, 11) is 17.1. The first-order valence-electron chi connectivity index (χ1n) is 38.9. The molecule has 10 heterocycles. The minimum absolute atomic E-state index is 0.187. The van der Waals surface area contributed by atoms with Crippen LogP contribution in [0.2, 0.25) is 0 Å². The van der Waals surface area contributed by atoms with Crippen molar-refractivity contribution in [2.45, 2.75) is 66.2 Å². The van der Waals surface area contributed by atoms with Crippen molar-refractivity contribution in [2.75, 3.05) is 0 Å². The Morgan fingerprint density at radius 2 is 0.768 bits per heavy atom. The molecule has 0 aliphatic carbocycles. The van der Waals surface area contributed by atoms with Crippen LogP contribution in [0.1, 0.15) is 72.5 Å². The maximum atomic E-state index is 6.73. The van der Waals surface area contributed by atoms with E-state index in [-0.39, 0.29) is 10.8 Å². The monoisotopic (exact) mass is 1470 g/mol. The van der Waals surface area contributed by atoms with Gasteiger partial charge in [-0.1, -0.05) is 103 Å². The van der Waals surface area contributed by atoms with Crippen molar-refractivity contribution in [1.29, 1.82) is 0 Å². The van der Waals surface area contributed by atoms with Gasteiger partial charge in [0.1, 0.15) is 67.5 Å². The first kappa shape index (κ1) is 73.2. The number of benzene rings is 8. The number of hydrogen-bond acceptors (Lipinski definition) is 1.